The number of carbonyl (C=O) groups is 1. The molecular weight excluding hydrogens is 250 g/mol. The van der Waals surface area contributed by atoms with E-state index in [1.807, 2.05) is 12.1 Å². The first kappa shape index (κ1) is 13.7. The zero-order chi connectivity index (χ0) is 13.8. The molecule has 1 aromatic rings. The first-order valence-electron chi connectivity index (χ1n) is 8.03. The standard InChI is InChI=1S/C16H25N3O/c20-16(18-13-5-2-1-3-6-13)15-7-4-12-19(15)14-8-10-17-11-9-14/h4,7,12-14,17H,1-3,5-6,8-11H2,(H,18,20). The molecule has 1 saturated heterocycles. The van der Waals surface area contributed by atoms with Crippen LogP contribution < -0.4 is 10.6 Å². The summed E-state index contributed by atoms with van der Waals surface area (Å²) in [6, 6.07) is 4.81. The van der Waals surface area contributed by atoms with Crippen molar-refractivity contribution in [1.29, 1.82) is 0 Å². The number of hydrogen-bond acceptors (Lipinski definition) is 2. The van der Waals surface area contributed by atoms with Crippen LogP contribution in [0, 0.1) is 0 Å². The molecule has 2 N–H and O–H groups in total. The lowest BCUT2D eigenvalue weighted by molar-refractivity contribution is 0.0914. The van der Waals surface area contributed by atoms with Gasteiger partial charge in [0.2, 0.25) is 0 Å². The largest absolute Gasteiger partial charge is 0.348 e. The average Bonchev–Trinajstić information content (AvgIpc) is 2.99. The van der Waals surface area contributed by atoms with Crippen LogP contribution in [0.3, 0.4) is 0 Å². The lowest BCUT2D eigenvalue weighted by Gasteiger charge is -2.27. The highest BCUT2D eigenvalue weighted by atomic mass is 16.2. The molecule has 2 heterocycles. The van der Waals surface area contributed by atoms with Gasteiger partial charge in [0.15, 0.2) is 0 Å². The van der Waals surface area contributed by atoms with E-state index in [1.165, 1.54) is 19.3 Å². The Morgan fingerprint density at radius 2 is 1.90 bits per heavy atom. The molecule has 1 aliphatic heterocycles. The second kappa shape index (κ2) is 6.44. The van der Waals surface area contributed by atoms with Crippen LogP contribution in [-0.2, 0) is 0 Å². The van der Waals surface area contributed by atoms with Gasteiger partial charge in [-0.25, -0.2) is 0 Å². The normalized spacial score (nSPS) is 21.8. The van der Waals surface area contributed by atoms with E-state index in [0.29, 0.717) is 12.1 Å². The fraction of sp³-hybridized carbons (Fsp3) is 0.688. The second-order valence-electron chi connectivity index (χ2n) is 6.09. The van der Waals surface area contributed by atoms with Gasteiger partial charge in [0.25, 0.3) is 5.91 Å². The number of carbonyl (C=O) groups excluding carboxylic acids is 1. The van der Waals surface area contributed by atoms with E-state index in [4.69, 9.17) is 0 Å². The summed E-state index contributed by atoms with van der Waals surface area (Å²) in [5.74, 6) is 0.112. The number of aromatic nitrogens is 1. The SMILES string of the molecule is O=C(NC1CCCCC1)c1cccn1C1CCNCC1. The Morgan fingerprint density at radius 3 is 2.65 bits per heavy atom. The van der Waals surface area contributed by atoms with Crippen LogP contribution in [0.25, 0.3) is 0 Å². The Balaban J connectivity index is 1.66. The van der Waals surface area contributed by atoms with E-state index in [2.05, 4.69) is 21.4 Å². The van der Waals surface area contributed by atoms with Gasteiger partial charge in [-0.15, -0.1) is 0 Å². The molecule has 0 aromatic carbocycles. The molecular formula is C16H25N3O. The van der Waals surface area contributed by atoms with Crippen molar-refractivity contribution >= 4 is 5.91 Å². The summed E-state index contributed by atoms with van der Waals surface area (Å²) in [5, 5.41) is 6.60. The number of amides is 1. The molecule has 1 aromatic heterocycles. The summed E-state index contributed by atoms with van der Waals surface area (Å²) < 4.78 is 2.18. The van der Waals surface area contributed by atoms with Crippen LogP contribution >= 0.6 is 0 Å². The summed E-state index contributed by atoms with van der Waals surface area (Å²) in [5.41, 5.74) is 0.836. The Labute approximate surface area is 120 Å². The predicted octanol–water partition coefficient (Wildman–Crippen LogP) is 2.48. The highest BCUT2D eigenvalue weighted by Crippen LogP contribution is 2.22. The van der Waals surface area contributed by atoms with Crippen molar-refractivity contribution in [3.05, 3.63) is 24.0 Å². The van der Waals surface area contributed by atoms with E-state index in [-0.39, 0.29) is 5.91 Å². The minimum atomic E-state index is 0.112. The molecule has 0 radical (unpaired) electrons. The van der Waals surface area contributed by atoms with E-state index >= 15 is 0 Å². The monoisotopic (exact) mass is 275 g/mol. The highest BCUT2D eigenvalue weighted by Gasteiger charge is 2.22. The molecule has 2 aliphatic rings. The van der Waals surface area contributed by atoms with Crippen LogP contribution in [0.4, 0.5) is 0 Å². The molecule has 4 nitrogen and oxygen atoms in total. The van der Waals surface area contributed by atoms with Crippen LogP contribution in [0.1, 0.15) is 61.5 Å². The van der Waals surface area contributed by atoms with Gasteiger partial charge in [-0.3, -0.25) is 4.79 Å². The van der Waals surface area contributed by atoms with Crippen LogP contribution in [-0.4, -0.2) is 29.6 Å². The van der Waals surface area contributed by atoms with E-state index < -0.39 is 0 Å². The molecule has 0 atom stereocenters. The maximum Gasteiger partial charge on any atom is 0.268 e. The van der Waals surface area contributed by atoms with Crippen molar-refractivity contribution in [2.24, 2.45) is 0 Å². The van der Waals surface area contributed by atoms with Crippen molar-refractivity contribution in [2.45, 2.75) is 57.0 Å². The smallest absolute Gasteiger partial charge is 0.268 e. The summed E-state index contributed by atoms with van der Waals surface area (Å²) in [6.45, 7) is 2.10. The maximum atomic E-state index is 12.5. The molecule has 2 fully saturated rings. The Hall–Kier alpha value is -1.29. The summed E-state index contributed by atoms with van der Waals surface area (Å²) in [4.78, 5) is 12.5. The third-order valence-corrected chi connectivity index (χ3v) is 4.65. The van der Waals surface area contributed by atoms with Gasteiger partial charge in [-0.05, 0) is 50.9 Å². The van der Waals surface area contributed by atoms with Gasteiger partial charge in [-0.1, -0.05) is 19.3 Å². The van der Waals surface area contributed by atoms with E-state index in [0.717, 1.165) is 44.5 Å². The quantitative estimate of drug-likeness (QED) is 0.890. The Morgan fingerprint density at radius 1 is 1.15 bits per heavy atom. The van der Waals surface area contributed by atoms with Crippen LogP contribution in [0.5, 0.6) is 0 Å². The Bertz CT molecular complexity index is 442. The van der Waals surface area contributed by atoms with E-state index in [1.54, 1.807) is 0 Å². The lowest BCUT2D eigenvalue weighted by atomic mass is 9.95. The maximum absolute atomic E-state index is 12.5. The molecule has 0 unspecified atom stereocenters. The van der Waals surface area contributed by atoms with Crippen molar-refractivity contribution in [2.75, 3.05) is 13.1 Å². The third-order valence-electron chi connectivity index (χ3n) is 4.65. The zero-order valence-electron chi connectivity index (χ0n) is 12.1. The van der Waals surface area contributed by atoms with Crippen molar-refractivity contribution in [3.8, 4) is 0 Å². The number of piperidine rings is 1. The summed E-state index contributed by atoms with van der Waals surface area (Å²) in [7, 11) is 0. The van der Waals surface area contributed by atoms with Crippen LogP contribution in [0.15, 0.2) is 18.3 Å². The fourth-order valence-corrected chi connectivity index (χ4v) is 3.50. The van der Waals surface area contributed by atoms with Gasteiger partial charge in [0.1, 0.15) is 5.69 Å². The first-order chi connectivity index (χ1) is 9.84. The zero-order valence-corrected chi connectivity index (χ0v) is 12.1. The molecule has 3 rings (SSSR count). The van der Waals surface area contributed by atoms with Gasteiger partial charge < -0.3 is 15.2 Å². The minimum absolute atomic E-state index is 0.112. The summed E-state index contributed by atoms with van der Waals surface area (Å²) >= 11 is 0. The average molecular weight is 275 g/mol. The molecule has 1 aliphatic carbocycles. The first-order valence-corrected chi connectivity index (χ1v) is 8.03. The van der Waals surface area contributed by atoms with Gasteiger partial charge in [0, 0.05) is 18.3 Å². The highest BCUT2D eigenvalue weighted by molar-refractivity contribution is 5.93. The molecule has 1 saturated carbocycles. The summed E-state index contributed by atoms with van der Waals surface area (Å²) in [6.07, 6.45) is 10.4. The fourth-order valence-electron chi connectivity index (χ4n) is 3.50. The topological polar surface area (TPSA) is 46.1 Å². The van der Waals surface area contributed by atoms with Gasteiger partial charge in [-0.2, -0.15) is 0 Å². The lowest BCUT2D eigenvalue weighted by Crippen LogP contribution is -2.38. The minimum Gasteiger partial charge on any atom is -0.348 e. The molecule has 0 spiro atoms. The number of nitrogens with zero attached hydrogens (tertiary/aromatic N) is 1. The predicted molar refractivity (Wildman–Crippen MR) is 79.9 cm³/mol. The molecule has 4 heteroatoms. The molecule has 1 amide bonds. The number of hydrogen-bond donors (Lipinski definition) is 2. The Kier molecular flexibility index (Phi) is 4.41. The molecule has 110 valence electrons. The number of nitrogens with one attached hydrogen (secondary N) is 2. The van der Waals surface area contributed by atoms with Crippen molar-refractivity contribution < 1.29 is 4.79 Å². The second-order valence-corrected chi connectivity index (χ2v) is 6.09. The number of rotatable bonds is 3. The molecule has 20 heavy (non-hydrogen) atoms. The van der Waals surface area contributed by atoms with Crippen molar-refractivity contribution in [3.63, 3.8) is 0 Å². The van der Waals surface area contributed by atoms with E-state index in [9.17, 15) is 4.79 Å². The van der Waals surface area contributed by atoms with Crippen LogP contribution in [0.2, 0.25) is 0 Å². The van der Waals surface area contributed by atoms with Crippen molar-refractivity contribution in [1.82, 2.24) is 15.2 Å². The third kappa shape index (κ3) is 3.06. The van der Waals surface area contributed by atoms with Gasteiger partial charge >= 0.3 is 0 Å². The van der Waals surface area contributed by atoms with Gasteiger partial charge in [0.05, 0.1) is 0 Å². The molecule has 0 bridgehead atoms.